The van der Waals surface area contributed by atoms with Gasteiger partial charge in [-0.1, -0.05) is 17.7 Å². The summed E-state index contributed by atoms with van der Waals surface area (Å²) in [5, 5.41) is 14.6. The number of hydrogen-bond acceptors (Lipinski definition) is 8. The summed E-state index contributed by atoms with van der Waals surface area (Å²) in [5.74, 6) is 0.979. The summed E-state index contributed by atoms with van der Waals surface area (Å²) in [4.78, 5) is 32.0. The van der Waals surface area contributed by atoms with E-state index in [-0.39, 0.29) is 11.8 Å². The quantitative estimate of drug-likeness (QED) is 0.445. The molecule has 1 amide bonds. The zero-order valence-electron chi connectivity index (χ0n) is 18.9. The number of aryl methyl sites for hydroxylation is 1. The summed E-state index contributed by atoms with van der Waals surface area (Å²) >= 11 is 6.21. The lowest BCUT2D eigenvalue weighted by molar-refractivity contribution is -0.127. The highest BCUT2D eigenvalue weighted by Crippen LogP contribution is 2.27. The maximum atomic E-state index is 12.3. The van der Waals surface area contributed by atoms with E-state index in [4.69, 9.17) is 21.7 Å². The van der Waals surface area contributed by atoms with E-state index in [9.17, 15) is 4.79 Å². The van der Waals surface area contributed by atoms with Crippen LogP contribution in [0.1, 0.15) is 18.0 Å². The van der Waals surface area contributed by atoms with Crippen LogP contribution in [0.15, 0.2) is 49.2 Å². The van der Waals surface area contributed by atoms with Crippen molar-refractivity contribution in [1.82, 2.24) is 39.2 Å². The highest BCUT2D eigenvalue weighted by Gasteiger charge is 2.32. The van der Waals surface area contributed by atoms with Crippen LogP contribution in [-0.4, -0.2) is 70.9 Å². The summed E-state index contributed by atoms with van der Waals surface area (Å²) in [6, 6.07) is 7.45. The van der Waals surface area contributed by atoms with E-state index in [1.165, 1.54) is 0 Å². The summed E-state index contributed by atoms with van der Waals surface area (Å²) < 4.78 is 3.37. The number of hydrogen-bond donors (Lipinski definition) is 2. The molecule has 0 saturated carbocycles. The van der Waals surface area contributed by atoms with Crippen molar-refractivity contribution in [1.29, 1.82) is 0 Å². The van der Waals surface area contributed by atoms with Crippen LogP contribution in [0.2, 0.25) is 5.15 Å². The molecular weight excluding hydrogens is 458 g/mol. The molecule has 34 heavy (non-hydrogen) atoms. The van der Waals surface area contributed by atoms with Gasteiger partial charge in [-0.3, -0.25) is 14.0 Å². The van der Waals surface area contributed by atoms with Crippen LogP contribution in [0.4, 0.5) is 11.6 Å². The normalized spacial score (nSPS) is 15.3. The third-order valence-electron chi connectivity index (χ3n) is 5.42. The second-order valence-corrected chi connectivity index (χ2v) is 7.91. The molecule has 4 aromatic rings. The Morgan fingerprint density at radius 3 is 2.62 bits per heavy atom. The van der Waals surface area contributed by atoms with Gasteiger partial charge in [0.15, 0.2) is 0 Å². The average molecular weight is 482 g/mol. The molecule has 1 unspecified atom stereocenters. The second kappa shape index (κ2) is 9.98. The average Bonchev–Trinajstić information content (AvgIpc) is 3.57. The van der Waals surface area contributed by atoms with E-state index in [1.54, 1.807) is 41.4 Å². The van der Waals surface area contributed by atoms with Crippen LogP contribution in [0, 0.1) is 0 Å². The molecule has 5 rings (SSSR count). The van der Waals surface area contributed by atoms with E-state index in [1.807, 2.05) is 36.0 Å². The largest absolute Gasteiger partial charge is 0.400 e. The van der Waals surface area contributed by atoms with Crippen LogP contribution in [0.5, 0.6) is 0 Å². The Morgan fingerprint density at radius 2 is 1.91 bits per heavy atom. The van der Waals surface area contributed by atoms with Gasteiger partial charge in [0.05, 0.1) is 34.9 Å². The topological polar surface area (TPSA) is 127 Å². The Bertz CT molecular complexity index is 1300. The monoisotopic (exact) mass is 481 g/mol. The van der Waals surface area contributed by atoms with E-state index < -0.39 is 0 Å². The number of carbonyl (C=O) groups excluding carboxylic acids is 1. The molecule has 1 saturated heterocycles. The predicted octanol–water partition coefficient (Wildman–Crippen LogP) is 2.41. The third kappa shape index (κ3) is 4.61. The highest BCUT2D eigenvalue weighted by atomic mass is 35.5. The molecule has 2 N–H and O–H groups in total. The van der Waals surface area contributed by atoms with Crippen molar-refractivity contribution in [2.24, 2.45) is 7.05 Å². The van der Waals surface area contributed by atoms with E-state index in [0.29, 0.717) is 34.0 Å². The van der Waals surface area contributed by atoms with Crippen molar-refractivity contribution in [2.45, 2.75) is 12.3 Å². The summed E-state index contributed by atoms with van der Waals surface area (Å²) in [6.07, 6.45) is 7.59. The van der Waals surface area contributed by atoms with Gasteiger partial charge >= 0.3 is 0 Å². The molecule has 0 bridgehead atoms. The fourth-order valence-electron chi connectivity index (χ4n) is 3.64. The Hall–Kier alpha value is -3.83. The first kappa shape index (κ1) is 23.3. The Balaban J connectivity index is 0.00000133. The van der Waals surface area contributed by atoms with Crippen molar-refractivity contribution in [2.75, 3.05) is 26.0 Å². The Morgan fingerprint density at radius 1 is 1.12 bits per heavy atom. The molecule has 0 aromatic carbocycles. The number of likely N-dealkylation sites (N-methyl/N-ethyl adjacent to an activating group) is 1. The molecule has 12 heteroatoms. The maximum absolute atomic E-state index is 12.3. The molecule has 4 aromatic heterocycles. The number of amides is 1. The number of imidazole rings is 1. The van der Waals surface area contributed by atoms with E-state index in [0.717, 1.165) is 25.8 Å². The van der Waals surface area contributed by atoms with Crippen molar-refractivity contribution in [3.63, 3.8) is 0 Å². The molecular formula is C22H24ClN9O2. The van der Waals surface area contributed by atoms with Gasteiger partial charge in [0.25, 0.3) is 0 Å². The zero-order chi connectivity index (χ0) is 24.2. The van der Waals surface area contributed by atoms with Crippen LogP contribution in [0.25, 0.3) is 17.2 Å². The lowest BCUT2D eigenvalue weighted by atomic mass is 10.1. The van der Waals surface area contributed by atoms with Crippen molar-refractivity contribution < 1.29 is 9.90 Å². The maximum Gasteiger partial charge on any atom is 0.231 e. The number of aromatic nitrogens is 7. The molecule has 1 fully saturated rings. The third-order valence-corrected chi connectivity index (χ3v) is 5.87. The van der Waals surface area contributed by atoms with Crippen molar-refractivity contribution in [3.05, 3.63) is 60.0 Å². The predicted molar refractivity (Wildman–Crippen MR) is 127 cm³/mol. The van der Waals surface area contributed by atoms with Gasteiger partial charge in [0.2, 0.25) is 11.9 Å². The van der Waals surface area contributed by atoms with Gasteiger partial charge < -0.3 is 15.3 Å². The van der Waals surface area contributed by atoms with Crippen LogP contribution in [0.3, 0.4) is 0 Å². The highest BCUT2D eigenvalue weighted by molar-refractivity contribution is 6.32. The summed E-state index contributed by atoms with van der Waals surface area (Å²) in [6.45, 7) is 0.748. The Labute approximate surface area is 201 Å². The lowest BCUT2D eigenvalue weighted by Gasteiger charge is -2.08. The van der Waals surface area contributed by atoms with E-state index >= 15 is 0 Å². The number of rotatable bonds is 5. The smallest absolute Gasteiger partial charge is 0.231 e. The first-order valence-electron chi connectivity index (χ1n) is 10.5. The molecule has 176 valence electrons. The zero-order valence-corrected chi connectivity index (χ0v) is 19.7. The van der Waals surface area contributed by atoms with Crippen molar-refractivity contribution in [3.8, 4) is 17.2 Å². The number of nitrogens with one attached hydrogen (secondary N) is 1. The van der Waals surface area contributed by atoms with Gasteiger partial charge in [-0.15, -0.1) is 0 Å². The van der Waals surface area contributed by atoms with Gasteiger partial charge in [0.1, 0.15) is 17.3 Å². The molecule has 1 aliphatic rings. The fraction of sp³-hybridized carbons (Fsp3) is 0.273. The van der Waals surface area contributed by atoms with Crippen molar-refractivity contribution >= 4 is 29.1 Å². The minimum atomic E-state index is -0.195. The number of pyridine rings is 1. The molecule has 0 spiro atoms. The number of aliphatic hydroxyl groups excluding tert-OH is 1. The van der Waals surface area contributed by atoms with Gasteiger partial charge in [-0.2, -0.15) is 5.10 Å². The van der Waals surface area contributed by atoms with Crippen LogP contribution in [-0.2, 0) is 11.8 Å². The number of likely N-dealkylation sites (tertiary alicyclic amines) is 1. The number of nitrogens with zero attached hydrogens (tertiary/aromatic N) is 8. The van der Waals surface area contributed by atoms with E-state index in [2.05, 4.69) is 25.4 Å². The molecule has 11 nitrogen and oxygen atoms in total. The number of halogens is 1. The number of anilines is 2. The van der Waals surface area contributed by atoms with Crippen LogP contribution < -0.4 is 5.32 Å². The molecule has 1 atom stereocenters. The van der Waals surface area contributed by atoms with Gasteiger partial charge in [0, 0.05) is 40.1 Å². The molecule has 0 radical (unpaired) electrons. The first-order chi connectivity index (χ1) is 16.5. The first-order valence-corrected chi connectivity index (χ1v) is 10.9. The minimum absolute atomic E-state index is 0.103. The minimum Gasteiger partial charge on any atom is -0.400 e. The number of aliphatic hydroxyl groups is 1. The Kier molecular flexibility index (Phi) is 6.85. The summed E-state index contributed by atoms with van der Waals surface area (Å²) in [5.41, 5.74) is 2.70. The van der Waals surface area contributed by atoms with Crippen LogP contribution >= 0.6 is 11.6 Å². The molecule has 1 aliphatic heterocycles. The molecule has 5 heterocycles. The molecule has 0 aliphatic carbocycles. The SMILES string of the molecule is CN1CCC(c2cn(-c3cccc(-c4ccnc(Nc5cnn(C)c5Cl)n4)n3)cn2)C1=O.CO. The van der Waals surface area contributed by atoms with Gasteiger partial charge in [-0.05, 0) is 24.6 Å². The fourth-order valence-corrected chi connectivity index (χ4v) is 3.78. The standard InChI is InChI=1S/C21H20ClN9O.CH4O/c1-29-9-7-13(20(29)32)17-11-31(12-24-17)18-5-3-4-14(26-18)15-6-8-23-21(27-15)28-16-10-25-30(2)19(16)22;1-2/h3-6,8,10-13H,7,9H2,1-2H3,(H,23,27,28);2H,1H3. The lowest BCUT2D eigenvalue weighted by Crippen LogP contribution is -2.21. The van der Waals surface area contributed by atoms with Gasteiger partial charge in [-0.25, -0.2) is 19.9 Å². The number of carbonyl (C=O) groups is 1. The summed E-state index contributed by atoms with van der Waals surface area (Å²) in [7, 11) is 4.57. The second-order valence-electron chi connectivity index (χ2n) is 7.55.